The van der Waals surface area contributed by atoms with Crippen LogP contribution in [0.5, 0.6) is 5.75 Å². The van der Waals surface area contributed by atoms with Gasteiger partial charge in [-0.2, -0.15) is 0 Å². The van der Waals surface area contributed by atoms with Crippen molar-refractivity contribution >= 4 is 5.69 Å². The first-order chi connectivity index (χ1) is 7.34. The van der Waals surface area contributed by atoms with Crippen molar-refractivity contribution in [3.05, 3.63) is 18.5 Å². The number of aromatic nitrogens is 1. The van der Waals surface area contributed by atoms with Gasteiger partial charge in [0.25, 0.3) is 0 Å². The SMILES string of the molecule is Nc1cncc(OCCN2CCCC2)c1. The molecule has 4 heteroatoms. The predicted octanol–water partition coefficient (Wildman–Crippen LogP) is 1.14. The summed E-state index contributed by atoms with van der Waals surface area (Å²) in [6.07, 6.45) is 5.95. The van der Waals surface area contributed by atoms with E-state index in [1.807, 2.05) is 0 Å². The molecule has 0 saturated carbocycles. The summed E-state index contributed by atoms with van der Waals surface area (Å²) in [7, 11) is 0. The second-order valence-corrected chi connectivity index (χ2v) is 3.85. The molecule has 2 N–H and O–H groups in total. The van der Waals surface area contributed by atoms with Gasteiger partial charge < -0.3 is 10.5 Å². The van der Waals surface area contributed by atoms with Gasteiger partial charge in [0, 0.05) is 12.6 Å². The highest BCUT2D eigenvalue weighted by Gasteiger charge is 2.10. The van der Waals surface area contributed by atoms with Crippen LogP contribution in [0.25, 0.3) is 0 Å². The van der Waals surface area contributed by atoms with Gasteiger partial charge in [-0.1, -0.05) is 0 Å². The Hall–Kier alpha value is -1.29. The molecule has 1 aliphatic rings. The van der Waals surface area contributed by atoms with E-state index in [4.69, 9.17) is 10.5 Å². The van der Waals surface area contributed by atoms with Gasteiger partial charge in [-0.05, 0) is 25.9 Å². The summed E-state index contributed by atoms with van der Waals surface area (Å²) in [5.74, 6) is 0.759. The molecule has 0 amide bonds. The standard InChI is InChI=1S/C11H17N3O/c12-10-7-11(9-13-8-10)15-6-5-14-3-1-2-4-14/h7-9H,1-6,12H2. The summed E-state index contributed by atoms with van der Waals surface area (Å²) in [5.41, 5.74) is 6.25. The molecule has 1 aliphatic heterocycles. The van der Waals surface area contributed by atoms with E-state index in [2.05, 4.69) is 9.88 Å². The summed E-state index contributed by atoms with van der Waals surface area (Å²) >= 11 is 0. The number of likely N-dealkylation sites (tertiary alicyclic amines) is 1. The number of pyridine rings is 1. The van der Waals surface area contributed by atoms with Gasteiger partial charge in [0.15, 0.2) is 0 Å². The zero-order valence-electron chi connectivity index (χ0n) is 8.85. The molecular weight excluding hydrogens is 190 g/mol. The summed E-state index contributed by atoms with van der Waals surface area (Å²) in [5, 5.41) is 0. The van der Waals surface area contributed by atoms with E-state index in [-0.39, 0.29) is 0 Å². The lowest BCUT2D eigenvalue weighted by molar-refractivity contribution is 0.237. The van der Waals surface area contributed by atoms with Crippen LogP contribution in [0.4, 0.5) is 5.69 Å². The molecule has 0 bridgehead atoms. The van der Waals surface area contributed by atoms with Gasteiger partial charge in [-0.15, -0.1) is 0 Å². The molecule has 2 heterocycles. The summed E-state index contributed by atoms with van der Waals surface area (Å²) in [6.45, 7) is 4.12. The number of anilines is 1. The fourth-order valence-electron chi connectivity index (χ4n) is 1.81. The highest BCUT2D eigenvalue weighted by Crippen LogP contribution is 2.12. The van der Waals surface area contributed by atoms with Crippen molar-refractivity contribution in [3.63, 3.8) is 0 Å². The minimum absolute atomic E-state index is 0.647. The third-order valence-electron chi connectivity index (χ3n) is 2.61. The van der Waals surface area contributed by atoms with Gasteiger partial charge in [0.2, 0.25) is 0 Å². The van der Waals surface area contributed by atoms with Crippen LogP contribution < -0.4 is 10.5 Å². The molecule has 0 unspecified atom stereocenters. The van der Waals surface area contributed by atoms with E-state index < -0.39 is 0 Å². The van der Waals surface area contributed by atoms with Crippen LogP contribution in [-0.2, 0) is 0 Å². The fraction of sp³-hybridized carbons (Fsp3) is 0.545. The van der Waals surface area contributed by atoms with Gasteiger partial charge in [0.05, 0.1) is 18.1 Å². The van der Waals surface area contributed by atoms with E-state index in [1.54, 1.807) is 18.5 Å². The molecule has 0 radical (unpaired) electrons. The number of nitrogen functional groups attached to an aromatic ring is 1. The average Bonchev–Trinajstić information content (AvgIpc) is 2.71. The molecule has 0 atom stereocenters. The zero-order chi connectivity index (χ0) is 10.5. The van der Waals surface area contributed by atoms with Crippen LogP contribution >= 0.6 is 0 Å². The smallest absolute Gasteiger partial charge is 0.139 e. The minimum atomic E-state index is 0.647. The predicted molar refractivity (Wildman–Crippen MR) is 59.8 cm³/mol. The third-order valence-corrected chi connectivity index (χ3v) is 2.61. The molecule has 1 aromatic rings. The molecule has 1 saturated heterocycles. The maximum Gasteiger partial charge on any atom is 0.139 e. The molecule has 2 rings (SSSR count). The van der Waals surface area contributed by atoms with E-state index in [0.29, 0.717) is 12.3 Å². The van der Waals surface area contributed by atoms with E-state index in [0.717, 1.165) is 12.3 Å². The molecule has 15 heavy (non-hydrogen) atoms. The van der Waals surface area contributed by atoms with Gasteiger partial charge in [0.1, 0.15) is 12.4 Å². The first-order valence-electron chi connectivity index (χ1n) is 5.40. The Morgan fingerprint density at radius 1 is 1.33 bits per heavy atom. The fourth-order valence-corrected chi connectivity index (χ4v) is 1.81. The molecule has 1 aromatic heterocycles. The number of hydrogen-bond donors (Lipinski definition) is 1. The van der Waals surface area contributed by atoms with Gasteiger partial charge in [-0.25, -0.2) is 0 Å². The summed E-state index contributed by atoms with van der Waals surface area (Å²) in [6, 6.07) is 1.80. The second-order valence-electron chi connectivity index (χ2n) is 3.85. The molecule has 0 aromatic carbocycles. The Morgan fingerprint density at radius 2 is 2.13 bits per heavy atom. The van der Waals surface area contributed by atoms with Crippen LogP contribution in [0.3, 0.4) is 0 Å². The van der Waals surface area contributed by atoms with Gasteiger partial charge >= 0.3 is 0 Å². The van der Waals surface area contributed by atoms with Crippen molar-refractivity contribution in [3.8, 4) is 5.75 Å². The lowest BCUT2D eigenvalue weighted by Gasteiger charge is -2.14. The van der Waals surface area contributed by atoms with Crippen LogP contribution in [0.15, 0.2) is 18.5 Å². The largest absolute Gasteiger partial charge is 0.491 e. The lowest BCUT2D eigenvalue weighted by Crippen LogP contribution is -2.25. The number of nitrogens with zero attached hydrogens (tertiary/aromatic N) is 2. The Labute approximate surface area is 90.0 Å². The van der Waals surface area contributed by atoms with Gasteiger partial charge in [-0.3, -0.25) is 9.88 Å². The number of nitrogens with two attached hydrogens (primary N) is 1. The Kier molecular flexibility index (Phi) is 3.40. The number of hydrogen-bond acceptors (Lipinski definition) is 4. The molecule has 0 aliphatic carbocycles. The maximum atomic E-state index is 5.60. The molecular formula is C11H17N3O. The molecule has 82 valence electrons. The highest BCUT2D eigenvalue weighted by atomic mass is 16.5. The second kappa shape index (κ2) is 4.98. The summed E-state index contributed by atoms with van der Waals surface area (Å²) in [4.78, 5) is 6.39. The van der Waals surface area contributed by atoms with Crippen LogP contribution in [0, 0.1) is 0 Å². The average molecular weight is 207 g/mol. The number of ether oxygens (including phenoxy) is 1. The van der Waals surface area contributed by atoms with E-state index in [9.17, 15) is 0 Å². The van der Waals surface area contributed by atoms with Crippen molar-refractivity contribution in [1.82, 2.24) is 9.88 Å². The topological polar surface area (TPSA) is 51.4 Å². The van der Waals surface area contributed by atoms with Crippen molar-refractivity contribution in [2.75, 3.05) is 32.0 Å². The quantitative estimate of drug-likeness (QED) is 0.804. The maximum absolute atomic E-state index is 5.60. The Balaban J connectivity index is 1.73. The summed E-state index contributed by atoms with van der Waals surface area (Å²) < 4.78 is 5.56. The Bertz CT molecular complexity index is 310. The Morgan fingerprint density at radius 3 is 2.87 bits per heavy atom. The monoisotopic (exact) mass is 207 g/mol. The zero-order valence-corrected chi connectivity index (χ0v) is 8.85. The lowest BCUT2D eigenvalue weighted by atomic mass is 10.4. The van der Waals surface area contributed by atoms with Crippen LogP contribution in [0.1, 0.15) is 12.8 Å². The van der Waals surface area contributed by atoms with Crippen molar-refractivity contribution in [2.24, 2.45) is 0 Å². The molecule has 4 nitrogen and oxygen atoms in total. The third kappa shape index (κ3) is 3.09. The normalized spacial score (nSPS) is 16.8. The molecule has 0 spiro atoms. The van der Waals surface area contributed by atoms with Crippen LogP contribution in [-0.4, -0.2) is 36.1 Å². The van der Waals surface area contributed by atoms with Crippen molar-refractivity contribution in [2.45, 2.75) is 12.8 Å². The first-order valence-corrected chi connectivity index (χ1v) is 5.40. The first kappa shape index (κ1) is 10.2. The minimum Gasteiger partial charge on any atom is -0.491 e. The van der Waals surface area contributed by atoms with Crippen molar-refractivity contribution < 1.29 is 4.74 Å². The highest BCUT2D eigenvalue weighted by molar-refractivity contribution is 5.39. The van der Waals surface area contributed by atoms with Crippen molar-refractivity contribution in [1.29, 1.82) is 0 Å². The van der Waals surface area contributed by atoms with E-state index >= 15 is 0 Å². The molecule has 1 fully saturated rings. The van der Waals surface area contributed by atoms with E-state index in [1.165, 1.54) is 25.9 Å². The number of rotatable bonds is 4. The van der Waals surface area contributed by atoms with Crippen LogP contribution in [0.2, 0.25) is 0 Å².